The lowest BCUT2D eigenvalue weighted by molar-refractivity contribution is 0.110. The number of thiazole rings is 1. The van der Waals surface area contributed by atoms with Crippen LogP contribution in [0.5, 0.6) is 0 Å². The zero-order chi connectivity index (χ0) is 12.1. The van der Waals surface area contributed by atoms with E-state index in [1.807, 2.05) is 18.7 Å². The molecule has 2 heterocycles. The van der Waals surface area contributed by atoms with Gasteiger partial charge in [0.1, 0.15) is 4.34 Å². The maximum absolute atomic E-state index is 5.58. The molecule has 2 unspecified atom stereocenters. The van der Waals surface area contributed by atoms with Crippen LogP contribution in [0.2, 0.25) is 0 Å². The summed E-state index contributed by atoms with van der Waals surface area (Å²) in [7, 11) is 0. The summed E-state index contributed by atoms with van der Waals surface area (Å²) in [6, 6.07) is 0. The minimum absolute atomic E-state index is 0.439. The maximum atomic E-state index is 5.58. The molecule has 1 aliphatic rings. The van der Waals surface area contributed by atoms with Crippen LogP contribution < -0.4 is 5.32 Å². The lowest BCUT2D eigenvalue weighted by Gasteiger charge is -2.13. The summed E-state index contributed by atoms with van der Waals surface area (Å²) in [6.07, 6.45) is 2.87. The van der Waals surface area contributed by atoms with Crippen LogP contribution in [-0.4, -0.2) is 36.0 Å². The molecule has 2 rings (SSSR count). The van der Waals surface area contributed by atoms with E-state index in [2.05, 4.69) is 22.6 Å². The molecular weight excluding hydrogens is 252 g/mol. The molecule has 3 nitrogen and oxygen atoms in total. The van der Waals surface area contributed by atoms with Crippen LogP contribution in [0.25, 0.3) is 0 Å². The normalized spacial score (nSPS) is 21.9. The Morgan fingerprint density at radius 3 is 3.24 bits per heavy atom. The van der Waals surface area contributed by atoms with E-state index in [1.165, 1.54) is 17.2 Å². The zero-order valence-electron chi connectivity index (χ0n) is 10.4. The number of nitrogens with zero attached hydrogens (tertiary/aromatic N) is 1. The standard InChI is InChI=1S/C12H20N2OS2/c1-9-8-16-12(14-9)17-10(2)6-13-7-11-4-3-5-15-11/h8,10-11,13H,3-7H2,1-2H3. The third-order valence-electron chi connectivity index (χ3n) is 2.73. The highest BCUT2D eigenvalue weighted by molar-refractivity contribution is 8.01. The molecule has 1 saturated heterocycles. The summed E-state index contributed by atoms with van der Waals surface area (Å²) in [5, 5.41) is 6.15. The Balaban J connectivity index is 1.61. The topological polar surface area (TPSA) is 34.1 Å². The van der Waals surface area contributed by atoms with E-state index < -0.39 is 0 Å². The number of aromatic nitrogens is 1. The summed E-state index contributed by atoms with van der Waals surface area (Å²) in [6.45, 7) is 7.23. The van der Waals surface area contributed by atoms with Crippen molar-refractivity contribution in [1.82, 2.24) is 10.3 Å². The van der Waals surface area contributed by atoms with Crippen LogP contribution >= 0.6 is 23.1 Å². The molecular formula is C12H20N2OS2. The predicted octanol–water partition coefficient (Wildman–Crippen LogP) is 2.70. The second-order valence-electron chi connectivity index (χ2n) is 4.48. The van der Waals surface area contributed by atoms with Crippen LogP contribution in [0.1, 0.15) is 25.5 Å². The summed E-state index contributed by atoms with van der Waals surface area (Å²) in [5.74, 6) is 0. The second-order valence-corrected chi connectivity index (χ2v) is 7.02. The van der Waals surface area contributed by atoms with Gasteiger partial charge in [-0.05, 0) is 19.8 Å². The molecule has 1 aliphatic heterocycles. The summed E-state index contributed by atoms with van der Waals surface area (Å²) in [4.78, 5) is 4.47. The first-order valence-corrected chi connectivity index (χ1v) is 7.91. The van der Waals surface area contributed by atoms with Gasteiger partial charge in [0.2, 0.25) is 0 Å². The van der Waals surface area contributed by atoms with Gasteiger partial charge in [-0.2, -0.15) is 0 Å². The predicted molar refractivity (Wildman–Crippen MR) is 74.0 cm³/mol. The summed E-state index contributed by atoms with van der Waals surface area (Å²) >= 11 is 3.59. The van der Waals surface area contributed by atoms with Gasteiger partial charge in [-0.3, -0.25) is 0 Å². The number of thioether (sulfide) groups is 1. The fourth-order valence-corrected chi connectivity index (χ4v) is 3.98. The van der Waals surface area contributed by atoms with Crippen molar-refractivity contribution in [3.8, 4) is 0 Å². The monoisotopic (exact) mass is 272 g/mol. The first-order valence-electron chi connectivity index (χ1n) is 6.15. The summed E-state index contributed by atoms with van der Waals surface area (Å²) in [5.41, 5.74) is 1.12. The first kappa shape index (κ1) is 13.3. The molecule has 0 amide bonds. The van der Waals surface area contributed by atoms with E-state index in [1.54, 1.807) is 11.3 Å². The van der Waals surface area contributed by atoms with Gasteiger partial charge in [-0.15, -0.1) is 11.3 Å². The van der Waals surface area contributed by atoms with Gasteiger partial charge in [0.15, 0.2) is 0 Å². The lowest BCUT2D eigenvalue weighted by Crippen LogP contribution is -2.30. The SMILES string of the molecule is Cc1csc(SC(C)CNCC2CCCO2)n1. The number of hydrogen-bond acceptors (Lipinski definition) is 5. The maximum Gasteiger partial charge on any atom is 0.150 e. The fraction of sp³-hybridized carbons (Fsp3) is 0.750. The molecule has 0 bridgehead atoms. The highest BCUT2D eigenvalue weighted by atomic mass is 32.2. The van der Waals surface area contributed by atoms with E-state index in [4.69, 9.17) is 4.74 Å². The van der Waals surface area contributed by atoms with E-state index in [-0.39, 0.29) is 0 Å². The Kier molecular flexibility index (Phi) is 5.28. The molecule has 5 heteroatoms. The van der Waals surface area contributed by atoms with Crippen molar-refractivity contribution in [3.63, 3.8) is 0 Å². The second kappa shape index (κ2) is 6.73. The molecule has 0 aromatic carbocycles. The van der Waals surface area contributed by atoms with Gasteiger partial charge in [-0.1, -0.05) is 18.7 Å². The van der Waals surface area contributed by atoms with Gasteiger partial charge in [0, 0.05) is 36.0 Å². The number of ether oxygens (including phenoxy) is 1. The fourth-order valence-electron chi connectivity index (χ4n) is 1.85. The van der Waals surface area contributed by atoms with E-state index in [0.29, 0.717) is 11.4 Å². The van der Waals surface area contributed by atoms with E-state index >= 15 is 0 Å². The van der Waals surface area contributed by atoms with Crippen LogP contribution in [0.4, 0.5) is 0 Å². The molecule has 2 atom stereocenters. The van der Waals surface area contributed by atoms with Crippen molar-refractivity contribution in [1.29, 1.82) is 0 Å². The van der Waals surface area contributed by atoms with Gasteiger partial charge >= 0.3 is 0 Å². The van der Waals surface area contributed by atoms with Crippen LogP contribution in [0, 0.1) is 6.92 Å². The third kappa shape index (κ3) is 4.58. The molecule has 96 valence electrons. The Labute approximate surface area is 111 Å². The Morgan fingerprint density at radius 1 is 1.71 bits per heavy atom. The average Bonchev–Trinajstić information content (AvgIpc) is 2.90. The largest absolute Gasteiger partial charge is 0.377 e. The molecule has 1 fully saturated rings. The smallest absolute Gasteiger partial charge is 0.150 e. The minimum Gasteiger partial charge on any atom is -0.377 e. The molecule has 0 spiro atoms. The molecule has 0 radical (unpaired) electrons. The van der Waals surface area contributed by atoms with Gasteiger partial charge < -0.3 is 10.1 Å². The van der Waals surface area contributed by atoms with Crippen molar-refractivity contribution < 1.29 is 4.74 Å². The highest BCUT2D eigenvalue weighted by Crippen LogP contribution is 2.26. The van der Waals surface area contributed by atoms with Gasteiger partial charge in [-0.25, -0.2) is 4.98 Å². The van der Waals surface area contributed by atoms with Crippen molar-refractivity contribution >= 4 is 23.1 Å². The minimum atomic E-state index is 0.439. The third-order valence-corrected chi connectivity index (χ3v) is 4.92. The number of rotatable bonds is 6. The van der Waals surface area contributed by atoms with Crippen LogP contribution in [0.15, 0.2) is 9.72 Å². The number of nitrogens with one attached hydrogen (secondary N) is 1. The highest BCUT2D eigenvalue weighted by Gasteiger charge is 2.15. The van der Waals surface area contributed by atoms with Gasteiger partial charge in [0.05, 0.1) is 6.10 Å². The molecule has 1 aromatic heterocycles. The molecule has 1 aromatic rings. The molecule has 0 aliphatic carbocycles. The van der Waals surface area contributed by atoms with Crippen LogP contribution in [0.3, 0.4) is 0 Å². The molecule has 1 N–H and O–H groups in total. The number of aryl methyl sites for hydroxylation is 1. The summed E-state index contributed by atoms with van der Waals surface area (Å²) < 4.78 is 6.75. The van der Waals surface area contributed by atoms with Crippen molar-refractivity contribution in [3.05, 3.63) is 11.1 Å². The van der Waals surface area contributed by atoms with Crippen molar-refractivity contribution in [2.45, 2.75) is 42.4 Å². The van der Waals surface area contributed by atoms with Crippen LogP contribution in [-0.2, 0) is 4.74 Å². The van der Waals surface area contributed by atoms with Gasteiger partial charge in [0.25, 0.3) is 0 Å². The molecule has 0 saturated carbocycles. The van der Waals surface area contributed by atoms with Crippen molar-refractivity contribution in [2.24, 2.45) is 0 Å². The molecule has 17 heavy (non-hydrogen) atoms. The lowest BCUT2D eigenvalue weighted by atomic mass is 10.2. The Hall–Kier alpha value is -0.100. The number of hydrogen-bond donors (Lipinski definition) is 1. The van der Waals surface area contributed by atoms with Crippen molar-refractivity contribution in [2.75, 3.05) is 19.7 Å². The Bertz CT molecular complexity index is 337. The quantitative estimate of drug-likeness (QED) is 0.807. The zero-order valence-corrected chi connectivity index (χ0v) is 12.1. The first-order chi connectivity index (χ1) is 8.24. The van der Waals surface area contributed by atoms with E-state index in [0.717, 1.165) is 25.4 Å². The Morgan fingerprint density at radius 2 is 2.59 bits per heavy atom. The van der Waals surface area contributed by atoms with E-state index in [9.17, 15) is 0 Å². The average molecular weight is 272 g/mol.